The molecule has 2 saturated heterocycles. The highest BCUT2D eigenvalue weighted by Crippen LogP contribution is 2.29. The molecule has 1 aromatic heterocycles. The summed E-state index contributed by atoms with van der Waals surface area (Å²) in [7, 11) is -1.66. The van der Waals surface area contributed by atoms with Crippen molar-refractivity contribution < 1.29 is 23.5 Å². The van der Waals surface area contributed by atoms with E-state index in [0.717, 1.165) is 107 Å². The molecule has 5 atom stereocenters. The standard InChI is InChI=1S/C45H73N5O5Si/c1-7-56(8-2,9-3)55-40-27-29-50(34-40)44-46-28-26-41(47-44)35(4)18-17-19-36(5)43-37(6)24-25-39(22-15-12-16-23-42(51)54-43)53-45(52)49-32-30-48(31-33-49)38-20-13-10-11-14-21-38/h17-19,24-26,28,35,37-40,43H,7-16,20-23,27,29-34H2,1-6H3/b18-17+,25-24+,36-19+/t35?,37-,39-,40-,43+/m0/s1. The molecule has 4 aliphatic rings. The number of rotatable bonds is 12. The first-order valence-corrected chi connectivity index (χ1v) is 24.8. The van der Waals surface area contributed by atoms with Crippen LogP contribution < -0.4 is 4.90 Å². The molecule has 4 heterocycles. The van der Waals surface area contributed by atoms with Gasteiger partial charge in [0.05, 0.1) is 11.8 Å². The SMILES string of the molecule is CC[Si](CC)(CC)O[C@H]1CCN(c2nccc(C(C)/C=C/C=C(\C)[C@H]3OC(=O)CCCCC[C@H](OC(=O)N4CCN(C5CCCCCC5)CC4)/C=C/[C@@H]3C)n2)C1. The average Bonchev–Trinajstić information content (AvgIpc) is 3.51. The fourth-order valence-corrected chi connectivity index (χ4v) is 11.9. The Kier molecular flexibility index (Phi) is 17.5. The smallest absolute Gasteiger partial charge is 0.410 e. The minimum Gasteiger partial charge on any atom is -0.457 e. The number of cyclic esters (lactones) is 1. The van der Waals surface area contributed by atoms with Crippen molar-refractivity contribution >= 4 is 26.3 Å². The third kappa shape index (κ3) is 12.7. The van der Waals surface area contributed by atoms with E-state index in [9.17, 15) is 9.59 Å². The zero-order valence-electron chi connectivity index (χ0n) is 35.6. The van der Waals surface area contributed by atoms with Crippen molar-refractivity contribution in [3.63, 3.8) is 0 Å². The van der Waals surface area contributed by atoms with Crippen LogP contribution in [0.2, 0.25) is 18.1 Å². The predicted octanol–water partition coefficient (Wildman–Crippen LogP) is 9.60. The summed E-state index contributed by atoms with van der Waals surface area (Å²) >= 11 is 0. The number of amides is 1. The lowest BCUT2D eigenvalue weighted by Crippen LogP contribution is -2.52. The van der Waals surface area contributed by atoms with Gasteiger partial charge in [-0.25, -0.2) is 14.8 Å². The Morgan fingerprint density at radius 2 is 1.64 bits per heavy atom. The van der Waals surface area contributed by atoms with Crippen molar-refractivity contribution in [3.05, 3.63) is 53.9 Å². The summed E-state index contributed by atoms with van der Waals surface area (Å²) in [4.78, 5) is 42.7. The van der Waals surface area contributed by atoms with Gasteiger partial charge in [0.15, 0.2) is 8.32 Å². The normalized spacial score (nSPS) is 27.0. The van der Waals surface area contributed by atoms with Crippen LogP contribution >= 0.6 is 0 Å². The van der Waals surface area contributed by atoms with Gasteiger partial charge in [-0.2, -0.15) is 0 Å². The van der Waals surface area contributed by atoms with Crippen molar-refractivity contribution in [2.45, 2.75) is 167 Å². The molecule has 1 saturated carbocycles. The third-order valence-corrected chi connectivity index (χ3v) is 17.7. The lowest BCUT2D eigenvalue weighted by atomic mass is 9.95. The van der Waals surface area contributed by atoms with Gasteiger partial charge < -0.3 is 23.7 Å². The van der Waals surface area contributed by atoms with Crippen LogP contribution in [-0.2, 0) is 18.7 Å². The number of ether oxygens (including phenoxy) is 2. The van der Waals surface area contributed by atoms with Crippen LogP contribution in [0, 0.1) is 5.92 Å². The molecule has 1 aromatic rings. The minimum absolute atomic E-state index is 0.0715. The molecule has 0 aromatic carbocycles. The van der Waals surface area contributed by atoms with E-state index < -0.39 is 14.4 Å². The number of nitrogens with zero attached hydrogens (tertiary/aromatic N) is 5. The number of carbonyl (C=O) groups is 2. The van der Waals surface area contributed by atoms with Gasteiger partial charge in [-0.1, -0.05) is 91.0 Å². The van der Waals surface area contributed by atoms with Gasteiger partial charge in [0.25, 0.3) is 0 Å². The highest BCUT2D eigenvalue weighted by Gasteiger charge is 2.35. The maximum Gasteiger partial charge on any atom is 0.410 e. The zero-order chi connectivity index (χ0) is 39.9. The summed E-state index contributed by atoms with van der Waals surface area (Å²) in [6.45, 7) is 18.2. The second-order valence-electron chi connectivity index (χ2n) is 16.9. The van der Waals surface area contributed by atoms with Crippen LogP contribution in [0.1, 0.15) is 130 Å². The Hall–Kier alpha value is -3.02. The number of anilines is 1. The highest BCUT2D eigenvalue weighted by atomic mass is 28.4. The molecule has 0 radical (unpaired) electrons. The molecule has 1 aliphatic carbocycles. The number of hydrogen-bond acceptors (Lipinski definition) is 9. The summed E-state index contributed by atoms with van der Waals surface area (Å²) < 4.78 is 19.0. The molecule has 10 nitrogen and oxygen atoms in total. The van der Waals surface area contributed by atoms with Gasteiger partial charge >= 0.3 is 12.1 Å². The first kappa shape index (κ1) is 44.1. The zero-order valence-corrected chi connectivity index (χ0v) is 36.6. The first-order chi connectivity index (χ1) is 27.1. The molecular formula is C45H73N5O5Si. The minimum atomic E-state index is -1.66. The largest absolute Gasteiger partial charge is 0.457 e. The fourth-order valence-electron chi connectivity index (χ4n) is 8.99. The van der Waals surface area contributed by atoms with E-state index in [1.54, 1.807) is 0 Å². The Morgan fingerprint density at radius 1 is 0.946 bits per heavy atom. The van der Waals surface area contributed by atoms with Gasteiger partial charge in [-0.15, -0.1) is 0 Å². The number of piperazine rings is 1. The summed E-state index contributed by atoms with van der Waals surface area (Å²) in [6, 6.07) is 6.14. The van der Waals surface area contributed by atoms with Crippen molar-refractivity contribution in [1.29, 1.82) is 0 Å². The van der Waals surface area contributed by atoms with Gasteiger partial charge in [0, 0.05) is 69.8 Å². The highest BCUT2D eigenvalue weighted by molar-refractivity contribution is 6.73. The van der Waals surface area contributed by atoms with Gasteiger partial charge in [-0.3, -0.25) is 9.69 Å². The predicted molar refractivity (Wildman–Crippen MR) is 228 cm³/mol. The first-order valence-electron chi connectivity index (χ1n) is 22.3. The number of allylic oxidation sites excluding steroid dienone is 3. The van der Waals surface area contributed by atoms with E-state index in [1.165, 1.54) is 38.5 Å². The topological polar surface area (TPSA) is 97.3 Å². The molecule has 0 N–H and O–H groups in total. The molecule has 5 rings (SSSR count). The summed E-state index contributed by atoms with van der Waals surface area (Å²) in [5, 5.41) is 0. The quantitative estimate of drug-likeness (QED) is 0.0674. The molecule has 1 unspecified atom stereocenters. The molecule has 3 aliphatic heterocycles. The summed E-state index contributed by atoms with van der Waals surface area (Å²) in [6.07, 6.45) is 24.1. The molecule has 312 valence electrons. The molecule has 1 amide bonds. The van der Waals surface area contributed by atoms with E-state index in [-0.39, 0.29) is 36.1 Å². The van der Waals surface area contributed by atoms with E-state index >= 15 is 0 Å². The molecular weight excluding hydrogens is 719 g/mol. The van der Waals surface area contributed by atoms with Crippen LogP contribution in [0.15, 0.2) is 48.2 Å². The van der Waals surface area contributed by atoms with E-state index in [4.69, 9.17) is 18.9 Å². The van der Waals surface area contributed by atoms with Crippen LogP contribution in [-0.4, -0.2) is 104 Å². The number of carbonyl (C=O) groups excluding carboxylic acids is 2. The van der Waals surface area contributed by atoms with Crippen LogP contribution in [0.3, 0.4) is 0 Å². The Balaban J connectivity index is 1.17. The van der Waals surface area contributed by atoms with Gasteiger partial charge in [0.2, 0.25) is 5.95 Å². The van der Waals surface area contributed by atoms with E-state index in [2.05, 4.69) is 61.6 Å². The monoisotopic (exact) mass is 792 g/mol. The van der Waals surface area contributed by atoms with Crippen molar-refractivity contribution in [2.24, 2.45) is 5.92 Å². The van der Waals surface area contributed by atoms with Crippen molar-refractivity contribution in [3.8, 4) is 0 Å². The van der Waals surface area contributed by atoms with Crippen LogP contribution in [0.4, 0.5) is 10.7 Å². The van der Waals surface area contributed by atoms with Gasteiger partial charge in [-0.05, 0) is 81.3 Å². The second kappa shape index (κ2) is 22.2. The third-order valence-electron chi connectivity index (χ3n) is 13.0. The molecule has 11 heteroatoms. The lowest BCUT2D eigenvalue weighted by molar-refractivity contribution is -0.148. The maximum absolute atomic E-state index is 13.4. The van der Waals surface area contributed by atoms with Crippen molar-refractivity contribution in [1.82, 2.24) is 19.8 Å². The van der Waals surface area contributed by atoms with E-state index in [1.807, 2.05) is 42.3 Å². The van der Waals surface area contributed by atoms with Crippen LogP contribution in [0.5, 0.6) is 0 Å². The number of hydrogen-bond donors (Lipinski definition) is 0. The number of aromatic nitrogens is 2. The Morgan fingerprint density at radius 3 is 2.36 bits per heavy atom. The van der Waals surface area contributed by atoms with Crippen molar-refractivity contribution in [2.75, 3.05) is 44.2 Å². The summed E-state index contributed by atoms with van der Waals surface area (Å²) in [5.41, 5.74) is 1.94. The maximum atomic E-state index is 13.4. The second-order valence-corrected chi connectivity index (χ2v) is 21.7. The van der Waals surface area contributed by atoms with Crippen LogP contribution in [0.25, 0.3) is 0 Å². The van der Waals surface area contributed by atoms with E-state index in [0.29, 0.717) is 12.5 Å². The lowest BCUT2D eigenvalue weighted by Gasteiger charge is -2.39. The average molecular weight is 792 g/mol. The summed E-state index contributed by atoms with van der Waals surface area (Å²) in [5.74, 6) is 0.584. The fraction of sp³-hybridized carbons (Fsp3) is 0.733. The number of esters is 1. The van der Waals surface area contributed by atoms with Gasteiger partial charge in [0.1, 0.15) is 12.2 Å². The molecule has 0 bridgehead atoms. The molecule has 3 fully saturated rings. The molecule has 0 spiro atoms. The Labute approximate surface area is 339 Å². The molecule has 56 heavy (non-hydrogen) atoms. The Bertz CT molecular complexity index is 1460.